The summed E-state index contributed by atoms with van der Waals surface area (Å²) in [6, 6.07) is 0. The van der Waals surface area contributed by atoms with Crippen molar-refractivity contribution in [2.75, 3.05) is 0 Å². The Labute approximate surface area is 195 Å². The number of rotatable bonds is 12. The average molecular weight is 543 g/mol. The van der Waals surface area contributed by atoms with Gasteiger partial charge in [-0.3, -0.25) is 0 Å². The Morgan fingerprint density at radius 3 is 0.767 bits per heavy atom. The van der Waals surface area contributed by atoms with Crippen LogP contribution in [0.5, 0.6) is 0 Å². The maximum Gasteiger partial charge on any atom is 0.497 e. The van der Waals surface area contributed by atoms with E-state index >= 15 is 0 Å². The summed E-state index contributed by atoms with van der Waals surface area (Å²) in [6.45, 7) is 35.3. The van der Waals surface area contributed by atoms with Crippen LogP contribution in [0.4, 0.5) is 0 Å². The van der Waals surface area contributed by atoms with E-state index in [9.17, 15) is 0 Å². The molecule has 0 amide bonds. The molecule has 0 aromatic heterocycles. The van der Waals surface area contributed by atoms with Crippen LogP contribution in [0.1, 0.15) is 0 Å². The summed E-state index contributed by atoms with van der Waals surface area (Å²) < 4.78 is 33.7. The van der Waals surface area contributed by atoms with Crippen LogP contribution in [0.2, 0.25) is 105 Å². The van der Waals surface area contributed by atoms with E-state index in [1.807, 2.05) is 0 Å². The molecule has 0 aliphatic carbocycles. The summed E-state index contributed by atoms with van der Waals surface area (Å²) in [5, 5.41) is 0. The van der Waals surface area contributed by atoms with Crippen LogP contribution in [0, 0.1) is 0 Å². The van der Waals surface area contributed by atoms with Gasteiger partial charge in [0.25, 0.3) is 0 Å². The smallest absolute Gasteiger partial charge is 0.434 e. The van der Waals surface area contributed by atoms with Gasteiger partial charge in [-0.2, -0.15) is 0 Å². The van der Waals surface area contributed by atoms with Crippen LogP contribution in [0.15, 0.2) is 11.4 Å². The first-order valence-electron chi connectivity index (χ1n) is 11.0. The highest BCUT2D eigenvalue weighted by Crippen LogP contribution is 2.29. The average Bonchev–Trinajstić information content (AvgIpc) is 2.24. The molecular formula is C18H50O5Si7. The van der Waals surface area contributed by atoms with Gasteiger partial charge in [0.1, 0.15) is 0 Å². The van der Waals surface area contributed by atoms with E-state index in [1.165, 1.54) is 0 Å². The summed E-state index contributed by atoms with van der Waals surface area (Å²) in [5.74, 6) is 0. The molecule has 30 heavy (non-hydrogen) atoms. The zero-order chi connectivity index (χ0) is 24.4. The third-order valence-electron chi connectivity index (χ3n) is 2.95. The topological polar surface area (TPSA) is 46.2 Å². The van der Waals surface area contributed by atoms with Gasteiger partial charge in [0, 0.05) is 0 Å². The van der Waals surface area contributed by atoms with E-state index in [0.717, 1.165) is 0 Å². The van der Waals surface area contributed by atoms with Crippen molar-refractivity contribution in [2.45, 2.75) is 105 Å². The first-order valence-corrected chi connectivity index (χ1v) is 32.2. The van der Waals surface area contributed by atoms with E-state index in [4.69, 9.17) is 20.6 Å². The molecule has 180 valence electrons. The predicted molar refractivity (Wildman–Crippen MR) is 149 cm³/mol. The minimum atomic E-state index is -3.05. The SMILES string of the molecule is C[Si](C)(C)O[Si](C)(/C=C/[Si](O[Si](C)(C)C)(O[Si](C)(C)C)O[Si](C)(C)C)O[Si](C)(C)C. The fourth-order valence-electron chi connectivity index (χ4n) is 3.00. The molecule has 0 heterocycles. The molecule has 0 bridgehead atoms. The predicted octanol–water partition coefficient (Wildman–Crippen LogP) is 6.89. The maximum atomic E-state index is 6.78. The number of hydrogen-bond donors (Lipinski definition) is 0. The Morgan fingerprint density at radius 1 is 0.333 bits per heavy atom. The van der Waals surface area contributed by atoms with Crippen molar-refractivity contribution in [3.63, 3.8) is 0 Å². The van der Waals surface area contributed by atoms with Gasteiger partial charge in [-0.05, 0) is 116 Å². The zero-order valence-corrected chi connectivity index (χ0v) is 29.7. The molecular weight excluding hydrogens is 493 g/mol. The van der Waals surface area contributed by atoms with E-state index in [1.54, 1.807) is 0 Å². The summed E-state index contributed by atoms with van der Waals surface area (Å²) in [5.41, 5.74) is 4.31. The minimum Gasteiger partial charge on any atom is -0.434 e. The molecule has 0 rings (SSSR count). The molecule has 0 unspecified atom stereocenters. The van der Waals surface area contributed by atoms with Crippen molar-refractivity contribution in [3.8, 4) is 0 Å². The molecule has 0 aromatic rings. The maximum absolute atomic E-state index is 6.78. The molecule has 5 nitrogen and oxygen atoms in total. The lowest BCUT2D eigenvalue weighted by Gasteiger charge is -2.42. The molecule has 0 radical (unpaired) electrons. The van der Waals surface area contributed by atoms with Crippen molar-refractivity contribution in [1.29, 1.82) is 0 Å². The summed E-state index contributed by atoms with van der Waals surface area (Å²) in [4.78, 5) is 0. The van der Waals surface area contributed by atoms with E-state index in [2.05, 4.69) is 116 Å². The minimum absolute atomic E-state index is 1.80. The summed E-state index contributed by atoms with van der Waals surface area (Å²) in [7, 11) is -15.0. The molecule has 0 aromatic carbocycles. The monoisotopic (exact) mass is 542 g/mol. The lowest BCUT2D eigenvalue weighted by Crippen LogP contribution is -2.60. The standard InChI is InChI=1S/C18H50O5Si7/c1-24(2,3)19-29(16,20-25(4,5)6)17-18-30(21-26(7,8)9,22-27(10,11)12)23-28(13,14)15/h17-18H,1-16H3/b18-17+. The third-order valence-corrected chi connectivity index (χ3v) is 23.5. The Bertz CT molecular complexity index is 521. The van der Waals surface area contributed by atoms with Crippen LogP contribution in [0.3, 0.4) is 0 Å². The van der Waals surface area contributed by atoms with Crippen LogP contribution in [0.25, 0.3) is 0 Å². The quantitative estimate of drug-likeness (QED) is 0.251. The second-order valence-corrected chi connectivity index (χ2v) is 42.1. The highest BCUT2D eigenvalue weighted by atomic mass is 28.5. The van der Waals surface area contributed by atoms with Crippen molar-refractivity contribution >= 4 is 59.0 Å². The summed E-state index contributed by atoms with van der Waals surface area (Å²) in [6.07, 6.45) is 0. The van der Waals surface area contributed by atoms with Gasteiger partial charge in [-0.1, -0.05) is 0 Å². The fourth-order valence-corrected chi connectivity index (χ4v) is 28.5. The highest BCUT2D eigenvalue weighted by Gasteiger charge is 2.50. The summed E-state index contributed by atoms with van der Waals surface area (Å²) >= 11 is 0. The van der Waals surface area contributed by atoms with Gasteiger partial charge in [0.2, 0.25) is 0 Å². The Balaban J connectivity index is 6.49. The van der Waals surface area contributed by atoms with Crippen LogP contribution in [-0.2, 0) is 20.6 Å². The van der Waals surface area contributed by atoms with Gasteiger partial charge in [0.05, 0.1) is 0 Å². The molecule has 0 aliphatic rings. The molecule has 0 saturated heterocycles. The molecule has 0 fully saturated rings. The second kappa shape index (κ2) is 10.1. The van der Waals surface area contributed by atoms with Crippen LogP contribution < -0.4 is 0 Å². The first-order chi connectivity index (χ1) is 12.7. The van der Waals surface area contributed by atoms with Gasteiger partial charge < -0.3 is 20.6 Å². The molecule has 0 saturated carbocycles. The van der Waals surface area contributed by atoms with Crippen molar-refractivity contribution < 1.29 is 20.6 Å². The van der Waals surface area contributed by atoms with Crippen molar-refractivity contribution in [3.05, 3.63) is 11.4 Å². The van der Waals surface area contributed by atoms with E-state index in [0.29, 0.717) is 0 Å². The zero-order valence-electron chi connectivity index (χ0n) is 22.7. The largest absolute Gasteiger partial charge is 0.497 e. The lowest BCUT2D eigenvalue weighted by molar-refractivity contribution is 0.270. The van der Waals surface area contributed by atoms with Gasteiger partial charge in [0.15, 0.2) is 41.6 Å². The van der Waals surface area contributed by atoms with E-state index < -0.39 is 59.0 Å². The van der Waals surface area contributed by atoms with Crippen LogP contribution >= 0.6 is 0 Å². The number of hydrogen-bond acceptors (Lipinski definition) is 5. The lowest BCUT2D eigenvalue weighted by atomic mass is 11.2. The van der Waals surface area contributed by atoms with Gasteiger partial charge in [-0.25, -0.2) is 0 Å². The molecule has 0 N–H and O–H groups in total. The molecule has 0 spiro atoms. The van der Waals surface area contributed by atoms with Crippen LogP contribution in [-0.4, -0.2) is 59.0 Å². The van der Waals surface area contributed by atoms with E-state index in [-0.39, 0.29) is 0 Å². The molecule has 12 heteroatoms. The third kappa shape index (κ3) is 15.8. The Morgan fingerprint density at radius 2 is 0.567 bits per heavy atom. The normalized spacial score (nSPS) is 15.9. The fraction of sp³-hybridized carbons (Fsp3) is 0.889. The van der Waals surface area contributed by atoms with Gasteiger partial charge in [-0.15, -0.1) is 0 Å². The Hall–Kier alpha value is 1.06. The van der Waals surface area contributed by atoms with Crippen molar-refractivity contribution in [1.82, 2.24) is 0 Å². The highest BCUT2D eigenvalue weighted by molar-refractivity contribution is 6.94. The first kappa shape index (κ1) is 31.1. The Kier molecular flexibility index (Phi) is 10.5. The van der Waals surface area contributed by atoms with Crippen molar-refractivity contribution in [2.24, 2.45) is 0 Å². The molecule has 0 atom stereocenters. The molecule has 0 aliphatic heterocycles. The second-order valence-electron chi connectivity index (χ2n) is 13.0. The van der Waals surface area contributed by atoms with Gasteiger partial charge >= 0.3 is 17.4 Å².